The van der Waals surface area contributed by atoms with Crippen molar-refractivity contribution < 1.29 is 4.74 Å². The van der Waals surface area contributed by atoms with Gasteiger partial charge in [-0.25, -0.2) is 0 Å². The number of aryl methyl sites for hydroxylation is 1. The zero-order valence-electron chi connectivity index (χ0n) is 13.4. The van der Waals surface area contributed by atoms with Crippen LogP contribution in [-0.4, -0.2) is 29.5 Å². The zero-order valence-corrected chi connectivity index (χ0v) is 13.4. The molecule has 1 aliphatic heterocycles. The van der Waals surface area contributed by atoms with E-state index in [1.165, 1.54) is 29.8 Å². The number of ether oxygens (including phenoxy) is 1. The third-order valence-corrected chi connectivity index (χ3v) is 4.26. The molecular weight excluding hydrogens is 250 g/mol. The van der Waals surface area contributed by atoms with Gasteiger partial charge in [-0.1, -0.05) is 13.8 Å². The summed E-state index contributed by atoms with van der Waals surface area (Å²) in [6.07, 6.45) is 4.60. The van der Waals surface area contributed by atoms with Crippen LogP contribution in [0.4, 0.5) is 0 Å². The molecule has 0 radical (unpaired) electrons. The van der Waals surface area contributed by atoms with Crippen LogP contribution in [0, 0.1) is 13.8 Å². The molecule has 1 saturated heterocycles. The molecular formula is C16H29N3O. The second kappa shape index (κ2) is 7.23. The van der Waals surface area contributed by atoms with Gasteiger partial charge in [-0.2, -0.15) is 5.10 Å². The topological polar surface area (TPSA) is 39.1 Å². The maximum atomic E-state index is 5.62. The predicted octanol–water partition coefficient (Wildman–Crippen LogP) is 3.30. The van der Waals surface area contributed by atoms with Crippen LogP contribution in [0.3, 0.4) is 0 Å². The SMILES string of the molecule is CCCNC(CC)c1c(C)nn(C2CCCOC2)c1C. The molecule has 0 spiro atoms. The molecule has 0 bridgehead atoms. The first kappa shape index (κ1) is 15.5. The van der Waals surface area contributed by atoms with E-state index in [1.54, 1.807) is 0 Å². The molecule has 0 aliphatic carbocycles. The van der Waals surface area contributed by atoms with E-state index in [-0.39, 0.29) is 0 Å². The summed E-state index contributed by atoms with van der Waals surface area (Å²) in [5, 5.41) is 8.46. The van der Waals surface area contributed by atoms with Crippen molar-refractivity contribution in [3.63, 3.8) is 0 Å². The summed E-state index contributed by atoms with van der Waals surface area (Å²) in [6.45, 7) is 11.6. The largest absolute Gasteiger partial charge is 0.379 e. The first-order valence-corrected chi connectivity index (χ1v) is 8.05. The molecule has 0 amide bonds. The van der Waals surface area contributed by atoms with E-state index in [4.69, 9.17) is 9.84 Å². The fourth-order valence-electron chi connectivity index (χ4n) is 3.22. The van der Waals surface area contributed by atoms with Crippen molar-refractivity contribution in [3.05, 3.63) is 17.0 Å². The summed E-state index contributed by atoms with van der Waals surface area (Å²) < 4.78 is 7.82. The molecule has 2 heterocycles. The first-order valence-electron chi connectivity index (χ1n) is 8.05. The Bertz CT molecular complexity index is 422. The molecule has 114 valence electrons. The monoisotopic (exact) mass is 279 g/mol. The number of rotatable bonds is 6. The summed E-state index contributed by atoms with van der Waals surface area (Å²) in [5.41, 5.74) is 3.88. The summed E-state index contributed by atoms with van der Waals surface area (Å²) in [7, 11) is 0. The van der Waals surface area contributed by atoms with Crippen LogP contribution in [0.2, 0.25) is 0 Å². The van der Waals surface area contributed by atoms with Gasteiger partial charge < -0.3 is 10.1 Å². The van der Waals surface area contributed by atoms with E-state index in [9.17, 15) is 0 Å². The number of hydrogen-bond donors (Lipinski definition) is 1. The molecule has 2 unspecified atom stereocenters. The Labute approximate surface area is 122 Å². The van der Waals surface area contributed by atoms with Crippen molar-refractivity contribution in [2.75, 3.05) is 19.8 Å². The lowest BCUT2D eigenvalue weighted by Crippen LogP contribution is -2.24. The summed E-state index contributed by atoms with van der Waals surface area (Å²) >= 11 is 0. The van der Waals surface area contributed by atoms with Crippen LogP contribution in [0.15, 0.2) is 0 Å². The average molecular weight is 279 g/mol. The van der Waals surface area contributed by atoms with Crippen LogP contribution < -0.4 is 5.32 Å². The minimum absolute atomic E-state index is 0.417. The molecule has 1 aromatic heterocycles. The van der Waals surface area contributed by atoms with Gasteiger partial charge in [-0.15, -0.1) is 0 Å². The van der Waals surface area contributed by atoms with Gasteiger partial charge in [-0.05, 0) is 46.1 Å². The smallest absolute Gasteiger partial charge is 0.0756 e. The second-order valence-electron chi connectivity index (χ2n) is 5.81. The summed E-state index contributed by atoms with van der Waals surface area (Å²) in [5.74, 6) is 0. The molecule has 1 fully saturated rings. The minimum Gasteiger partial charge on any atom is -0.379 e. The standard InChI is InChI=1S/C16H29N3O/c1-5-9-17-15(6-2)16-12(3)18-19(13(16)4)14-8-7-10-20-11-14/h14-15,17H,5-11H2,1-4H3. The Morgan fingerprint density at radius 1 is 1.40 bits per heavy atom. The summed E-state index contributed by atoms with van der Waals surface area (Å²) in [4.78, 5) is 0. The van der Waals surface area contributed by atoms with Gasteiger partial charge in [0.05, 0.1) is 18.3 Å². The molecule has 2 rings (SSSR count). The Morgan fingerprint density at radius 3 is 2.80 bits per heavy atom. The lowest BCUT2D eigenvalue weighted by molar-refractivity contribution is 0.0540. The first-order chi connectivity index (χ1) is 9.69. The molecule has 4 heteroatoms. The van der Waals surface area contributed by atoms with E-state index >= 15 is 0 Å². The molecule has 1 N–H and O–H groups in total. The Morgan fingerprint density at radius 2 is 2.20 bits per heavy atom. The van der Waals surface area contributed by atoms with Gasteiger partial charge in [0.1, 0.15) is 0 Å². The van der Waals surface area contributed by atoms with Gasteiger partial charge >= 0.3 is 0 Å². The van der Waals surface area contributed by atoms with E-state index in [2.05, 4.69) is 37.7 Å². The predicted molar refractivity (Wildman–Crippen MR) is 82.1 cm³/mol. The van der Waals surface area contributed by atoms with Crippen molar-refractivity contribution >= 4 is 0 Å². The van der Waals surface area contributed by atoms with E-state index < -0.39 is 0 Å². The van der Waals surface area contributed by atoms with Crippen LogP contribution in [0.1, 0.15) is 68.6 Å². The highest BCUT2D eigenvalue weighted by Crippen LogP contribution is 2.28. The second-order valence-corrected chi connectivity index (χ2v) is 5.81. The van der Waals surface area contributed by atoms with Crippen molar-refractivity contribution in [2.45, 2.75) is 65.5 Å². The molecule has 0 saturated carbocycles. The molecule has 0 aromatic carbocycles. The Balaban J connectivity index is 2.22. The van der Waals surface area contributed by atoms with Crippen molar-refractivity contribution in [1.29, 1.82) is 0 Å². The average Bonchev–Trinajstić information content (AvgIpc) is 2.77. The highest BCUT2D eigenvalue weighted by molar-refractivity contribution is 5.28. The van der Waals surface area contributed by atoms with E-state index in [0.29, 0.717) is 12.1 Å². The number of nitrogens with one attached hydrogen (secondary N) is 1. The molecule has 2 atom stereocenters. The normalized spacial score (nSPS) is 21.1. The molecule has 20 heavy (non-hydrogen) atoms. The summed E-state index contributed by atoms with van der Waals surface area (Å²) in [6, 6.07) is 0.841. The lowest BCUT2D eigenvalue weighted by atomic mass is 10.0. The zero-order chi connectivity index (χ0) is 14.5. The molecule has 1 aliphatic rings. The minimum atomic E-state index is 0.417. The van der Waals surface area contributed by atoms with E-state index in [1.807, 2.05) is 0 Å². The maximum Gasteiger partial charge on any atom is 0.0756 e. The van der Waals surface area contributed by atoms with Gasteiger partial charge in [0, 0.05) is 23.9 Å². The number of aromatic nitrogens is 2. The van der Waals surface area contributed by atoms with Gasteiger partial charge in [0.15, 0.2) is 0 Å². The van der Waals surface area contributed by atoms with Crippen LogP contribution in [-0.2, 0) is 4.74 Å². The Kier molecular flexibility index (Phi) is 5.61. The fraction of sp³-hybridized carbons (Fsp3) is 0.812. The Hall–Kier alpha value is -0.870. The van der Waals surface area contributed by atoms with Crippen molar-refractivity contribution in [3.8, 4) is 0 Å². The number of nitrogens with zero attached hydrogens (tertiary/aromatic N) is 2. The number of hydrogen-bond acceptors (Lipinski definition) is 3. The van der Waals surface area contributed by atoms with Crippen LogP contribution >= 0.6 is 0 Å². The third kappa shape index (κ3) is 3.23. The van der Waals surface area contributed by atoms with Crippen LogP contribution in [0.5, 0.6) is 0 Å². The van der Waals surface area contributed by atoms with Crippen molar-refractivity contribution in [2.24, 2.45) is 0 Å². The van der Waals surface area contributed by atoms with Crippen LogP contribution in [0.25, 0.3) is 0 Å². The molecule has 4 nitrogen and oxygen atoms in total. The highest BCUT2D eigenvalue weighted by atomic mass is 16.5. The third-order valence-electron chi connectivity index (χ3n) is 4.26. The molecule has 1 aromatic rings. The van der Waals surface area contributed by atoms with Gasteiger partial charge in [0.25, 0.3) is 0 Å². The quantitative estimate of drug-likeness (QED) is 0.868. The van der Waals surface area contributed by atoms with Crippen molar-refractivity contribution in [1.82, 2.24) is 15.1 Å². The van der Waals surface area contributed by atoms with E-state index in [0.717, 1.165) is 32.6 Å². The van der Waals surface area contributed by atoms with Gasteiger partial charge in [-0.3, -0.25) is 4.68 Å². The maximum absolute atomic E-state index is 5.62. The van der Waals surface area contributed by atoms with Gasteiger partial charge in [0.2, 0.25) is 0 Å². The fourth-order valence-corrected chi connectivity index (χ4v) is 3.22. The highest BCUT2D eigenvalue weighted by Gasteiger charge is 2.24. The lowest BCUT2D eigenvalue weighted by Gasteiger charge is -2.24.